The highest BCUT2D eigenvalue weighted by Gasteiger charge is 2.38. The molecule has 2 heterocycles. The van der Waals surface area contributed by atoms with Gasteiger partial charge in [-0.15, -0.1) is 0 Å². The third kappa shape index (κ3) is 2.84. The Kier molecular flexibility index (Phi) is 4.22. The van der Waals surface area contributed by atoms with Gasteiger partial charge in [-0.2, -0.15) is 0 Å². The Labute approximate surface area is 139 Å². The molecule has 1 aromatic heterocycles. The summed E-state index contributed by atoms with van der Waals surface area (Å²) in [4.78, 5) is 17.8. The normalized spacial score (nSPS) is 22.9. The van der Waals surface area contributed by atoms with Crippen molar-refractivity contribution in [1.29, 1.82) is 0 Å². The maximum atomic E-state index is 13.8. The van der Waals surface area contributed by atoms with Gasteiger partial charge in [0, 0.05) is 30.1 Å². The van der Waals surface area contributed by atoms with Gasteiger partial charge in [0.1, 0.15) is 17.5 Å². The first kappa shape index (κ1) is 16.4. The molecule has 1 aromatic carbocycles. The fourth-order valence-electron chi connectivity index (χ4n) is 3.30. The number of benzene rings is 1. The van der Waals surface area contributed by atoms with Crippen LogP contribution < -0.4 is 10.2 Å². The number of hydrogen-bond acceptors (Lipinski definition) is 3. The van der Waals surface area contributed by atoms with Crippen LogP contribution in [0.15, 0.2) is 36.5 Å². The number of aromatic nitrogens is 1. The van der Waals surface area contributed by atoms with Gasteiger partial charge in [-0.1, -0.05) is 6.92 Å². The summed E-state index contributed by atoms with van der Waals surface area (Å²) in [6.45, 7) is 5.46. The second-order valence-corrected chi connectivity index (χ2v) is 6.18. The minimum Gasteiger partial charge on any atom is -0.363 e. The predicted molar refractivity (Wildman–Crippen MR) is 88.7 cm³/mol. The highest BCUT2D eigenvalue weighted by Crippen LogP contribution is 2.42. The zero-order valence-electron chi connectivity index (χ0n) is 13.8. The third-order valence-corrected chi connectivity index (χ3v) is 4.65. The van der Waals surface area contributed by atoms with Crippen molar-refractivity contribution < 1.29 is 13.6 Å². The summed E-state index contributed by atoms with van der Waals surface area (Å²) in [6.07, 6.45) is 1.13. The molecule has 0 unspecified atom stereocenters. The molecule has 1 N–H and O–H groups in total. The number of pyridine rings is 1. The Bertz CT molecular complexity index is 763. The molecule has 24 heavy (non-hydrogen) atoms. The summed E-state index contributed by atoms with van der Waals surface area (Å²) in [5, 5.41) is 3.25. The summed E-state index contributed by atoms with van der Waals surface area (Å²) < 4.78 is 26.9. The lowest BCUT2D eigenvalue weighted by molar-refractivity contribution is -0.117. The van der Waals surface area contributed by atoms with Crippen molar-refractivity contribution in [1.82, 2.24) is 4.98 Å². The monoisotopic (exact) mass is 331 g/mol. The summed E-state index contributed by atoms with van der Waals surface area (Å²) in [7, 11) is 0. The van der Waals surface area contributed by atoms with Gasteiger partial charge in [-0.05, 0) is 37.3 Å². The molecule has 126 valence electrons. The van der Waals surface area contributed by atoms with Crippen molar-refractivity contribution in [2.75, 3.05) is 10.2 Å². The molecular weight excluding hydrogens is 312 g/mol. The second kappa shape index (κ2) is 6.19. The van der Waals surface area contributed by atoms with Gasteiger partial charge in [0.15, 0.2) is 0 Å². The first-order valence-electron chi connectivity index (χ1n) is 7.86. The van der Waals surface area contributed by atoms with E-state index in [-0.39, 0.29) is 29.7 Å². The van der Waals surface area contributed by atoms with Gasteiger partial charge in [0.05, 0.1) is 12.2 Å². The molecule has 0 saturated heterocycles. The van der Waals surface area contributed by atoms with E-state index in [2.05, 4.69) is 10.3 Å². The molecule has 0 saturated carbocycles. The molecule has 0 aliphatic carbocycles. The van der Waals surface area contributed by atoms with Crippen LogP contribution in [0.3, 0.4) is 0 Å². The fraction of sp³-hybridized carbons (Fsp3) is 0.333. The number of nitrogens with one attached hydrogen (secondary N) is 1. The zero-order valence-corrected chi connectivity index (χ0v) is 13.8. The molecule has 3 rings (SSSR count). The maximum absolute atomic E-state index is 13.8. The molecule has 1 amide bonds. The molecule has 3 atom stereocenters. The standard InChI is InChI=1S/C18H19F2N3O/c1-10-11(2)23(12(3)24)16-6-4-13(19)8-15(16)18(10)22-17-7-5-14(20)9-21-17/h4-11,18H,1-3H3,(H,21,22)/t10-,11-,18+/m0/s1. The number of halogens is 2. The molecule has 2 aromatic rings. The van der Waals surface area contributed by atoms with Crippen LogP contribution in [0.5, 0.6) is 0 Å². The van der Waals surface area contributed by atoms with E-state index >= 15 is 0 Å². The number of rotatable bonds is 2. The van der Waals surface area contributed by atoms with E-state index in [1.165, 1.54) is 25.1 Å². The number of nitrogens with zero attached hydrogens (tertiary/aromatic N) is 2. The van der Waals surface area contributed by atoms with E-state index in [1.807, 2.05) is 13.8 Å². The topological polar surface area (TPSA) is 45.2 Å². The lowest BCUT2D eigenvalue weighted by Gasteiger charge is -2.44. The molecule has 1 aliphatic heterocycles. The smallest absolute Gasteiger partial charge is 0.224 e. The van der Waals surface area contributed by atoms with Gasteiger partial charge >= 0.3 is 0 Å². The predicted octanol–water partition coefficient (Wildman–Crippen LogP) is 3.90. The number of anilines is 2. The lowest BCUT2D eigenvalue weighted by atomic mass is 9.82. The summed E-state index contributed by atoms with van der Waals surface area (Å²) in [5.74, 6) is -0.347. The number of amides is 1. The summed E-state index contributed by atoms with van der Waals surface area (Å²) in [6, 6.07) is 6.97. The van der Waals surface area contributed by atoms with Crippen LogP contribution in [-0.2, 0) is 4.79 Å². The van der Waals surface area contributed by atoms with Crippen LogP contribution in [0, 0.1) is 17.6 Å². The second-order valence-electron chi connectivity index (χ2n) is 6.18. The average molecular weight is 331 g/mol. The molecule has 1 aliphatic rings. The summed E-state index contributed by atoms with van der Waals surface area (Å²) in [5.41, 5.74) is 1.39. The van der Waals surface area contributed by atoms with Crippen LogP contribution >= 0.6 is 0 Å². The number of carbonyl (C=O) groups is 1. The van der Waals surface area contributed by atoms with E-state index < -0.39 is 5.82 Å². The number of hydrogen-bond donors (Lipinski definition) is 1. The van der Waals surface area contributed by atoms with E-state index in [0.29, 0.717) is 17.1 Å². The van der Waals surface area contributed by atoms with Crippen molar-refractivity contribution in [3.63, 3.8) is 0 Å². The third-order valence-electron chi connectivity index (χ3n) is 4.65. The first-order chi connectivity index (χ1) is 11.4. The van der Waals surface area contributed by atoms with Crippen molar-refractivity contribution in [3.8, 4) is 0 Å². The van der Waals surface area contributed by atoms with Crippen molar-refractivity contribution in [2.24, 2.45) is 5.92 Å². The molecule has 0 bridgehead atoms. The summed E-state index contributed by atoms with van der Waals surface area (Å²) >= 11 is 0. The van der Waals surface area contributed by atoms with Crippen LogP contribution in [0.4, 0.5) is 20.3 Å². The van der Waals surface area contributed by atoms with E-state index in [9.17, 15) is 13.6 Å². The SMILES string of the molecule is CC(=O)N1c2ccc(F)cc2[C@H](Nc2ccc(F)cn2)[C@@H](C)[C@@H]1C. The lowest BCUT2D eigenvalue weighted by Crippen LogP contribution is -2.48. The van der Waals surface area contributed by atoms with Gasteiger partial charge in [0.2, 0.25) is 5.91 Å². The molecule has 0 spiro atoms. The molecule has 0 radical (unpaired) electrons. The van der Waals surface area contributed by atoms with Gasteiger partial charge in [-0.3, -0.25) is 4.79 Å². The molecule has 6 heteroatoms. The average Bonchev–Trinajstić information content (AvgIpc) is 2.54. The largest absolute Gasteiger partial charge is 0.363 e. The van der Waals surface area contributed by atoms with Crippen molar-refractivity contribution in [3.05, 3.63) is 53.7 Å². The molecular formula is C18H19F2N3O. The van der Waals surface area contributed by atoms with Gasteiger partial charge in [-0.25, -0.2) is 13.8 Å². The molecule has 0 fully saturated rings. The molecule has 4 nitrogen and oxygen atoms in total. The Morgan fingerprint density at radius 2 is 1.88 bits per heavy atom. The van der Waals surface area contributed by atoms with Crippen LogP contribution in [0.25, 0.3) is 0 Å². The maximum Gasteiger partial charge on any atom is 0.224 e. The highest BCUT2D eigenvalue weighted by molar-refractivity contribution is 5.93. The number of carbonyl (C=O) groups excluding carboxylic acids is 1. The zero-order chi connectivity index (χ0) is 17.4. The van der Waals surface area contributed by atoms with Crippen molar-refractivity contribution in [2.45, 2.75) is 32.9 Å². The van der Waals surface area contributed by atoms with Crippen LogP contribution in [-0.4, -0.2) is 16.9 Å². The van der Waals surface area contributed by atoms with E-state index in [0.717, 1.165) is 6.20 Å². The quantitative estimate of drug-likeness (QED) is 0.908. The van der Waals surface area contributed by atoms with E-state index in [1.54, 1.807) is 17.0 Å². The first-order valence-corrected chi connectivity index (χ1v) is 7.86. The van der Waals surface area contributed by atoms with E-state index in [4.69, 9.17) is 0 Å². The minimum absolute atomic E-state index is 0.00931. The Morgan fingerprint density at radius 1 is 1.17 bits per heavy atom. The number of fused-ring (bicyclic) bond motifs is 1. The Balaban J connectivity index is 2.05. The Morgan fingerprint density at radius 3 is 2.50 bits per heavy atom. The Hall–Kier alpha value is -2.50. The fourth-order valence-corrected chi connectivity index (χ4v) is 3.30. The highest BCUT2D eigenvalue weighted by atomic mass is 19.1. The van der Waals surface area contributed by atoms with Crippen LogP contribution in [0.1, 0.15) is 32.4 Å². The van der Waals surface area contributed by atoms with Crippen LogP contribution in [0.2, 0.25) is 0 Å². The minimum atomic E-state index is -0.417. The van der Waals surface area contributed by atoms with Gasteiger partial charge in [0.25, 0.3) is 0 Å². The van der Waals surface area contributed by atoms with Crippen molar-refractivity contribution >= 4 is 17.4 Å². The van der Waals surface area contributed by atoms with Gasteiger partial charge < -0.3 is 10.2 Å².